The third-order valence-corrected chi connectivity index (χ3v) is 2.11. The van der Waals surface area contributed by atoms with E-state index in [0.717, 1.165) is 6.54 Å². The molecule has 0 spiro atoms. The van der Waals surface area contributed by atoms with Gasteiger partial charge in [0.25, 0.3) is 0 Å². The first kappa shape index (κ1) is 15.1. The zero-order valence-corrected chi connectivity index (χ0v) is 10.6. The van der Waals surface area contributed by atoms with E-state index in [9.17, 15) is 9.90 Å². The standard InChI is InChI=1S/C11H22N2O3/c1-6-13(12(4)5)7-10(14)8-16-11(15)9(2)3/h10,14H,2,6-8H2,1,3-5H3. The molecule has 0 fully saturated rings. The molecule has 0 heterocycles. The van der Waals surface area contributed by atoms with Crippen LogP contribution in [-0.4, -0.2) is 61.0 Å². The SMILES string of the molecule is C=C(C)C(=O)OCC(O)CN(CC)N(C)C. The summed E-state index contributed by atoms with van der Waals surface area (Å²) in [5.41, 5.74) is 0.340. The summed E-state index contributed by atoms with van der Waals surface area (Å²) in [6.07, 6.45) is -0.689. The summed E-state index contributed by atoms with van der Waals surface area (Å²) >= 11 is 0. The summed E-state index contributed by atoms with van der Waals surface area (Å²) in [7, 11) is 3.80. The Labute approximate surface area is 97.3 Å². The van der Waals surface area contributed by atoms with Crippen LogP contribution in [0.4, 0.5) is 0 Å². The monoisotopic (exact) mass is 230 g/mol. The van der Waals surface area contributed by atoms with Crippen LogP contribution in [0.2, 0.25) is 0 Å². The largest absolute Gasteiger partial charge is 0.460 e. The van der Waals surface area contributed by atoms with Crippen molar-refractivity contribution in [3.8, 4) is 0 Å². The first-order valence-corrected chi connectivity index (χ1v) is 5.31. The van der Waals surface area contributed by atoms with Crippen LogP contribution >= 0.6 is 0 Å². The maximum absolute atomic E-state index is 11.1. The van der Waals surface area contributed by atoms with Crippen LogP contribution in [0.25, 0.3) is 0 Å². The van der Waals surface area contributed by atoms with Gasteiger partial charge in [0.05, 0.1) is 0 Å². The average molecular weight is 230 g/mol. The molecule has 0 aromatic carbocycles. The number of likely N-dealkylation sites (N-methyl/N-ethyl adjacent to an activating group) is 1. The Balaban J connectivity index is 3.93. The van der Waals surface area contributed by atoms with Crippen molar-refractivity contribution in [2.24, 2.45) is 0 Å². The molecule has 1 N–H and O–H groups in total. The fourth-order valence-electron chi connectivity index (χ4n) is 1.17. The first-order valence-electron chi connectivity index (χ1n) is 5.31. The van der Waals surface area contributed by atoms with Crippen molar-refractivity contribution in [1.29, 1.82) is 0 Å². The molecule has 94 valence electrons. The lowest BCUT2D eigenvalue weighted by Gasteiger charge is -2.29. The van der Waals surface area contributed by atoms with Gasteiger partial charge >= 0.3 is 5.97 Å². The molecular formula is C11H22N2O3. The van der Waals surface area contributed by atoms with Gasteiger partial charge in [-0.15, -0.1) is 0 Å². The average Bonchev–Trinajstić information content (AvgIpc) is 2.21. The van der Waals surface area contributed by atoms with E-state index in [1.807, 2.05) is 31.0 Å². The fourth-order valence-corrected chi connectivity index (χ4v) is 1.17. The number of aliphatic hydroxyl groups excluding tert-OH is 1. The molecule has 0 aliphatic rings. The van der Waals surface area contributed by atoms with Crippen molar-refractivity contribution in [3.63, 3.8) is 0 Å². The van der Waals surface area contributed by atoms with Gasteiger partial charge in [0.1, 0.15) is 12.7 Å². The van der Waals surface area contributed by atoms with Gasteiger partial charge in [-0.3, -0.25) is 0 Å². The Morgan fingerprint density at radius 2 is 2.06 bits per heavy atom. The van der Waals surface area contributed by atoms with Crippen molar-refractivity contribution in [2.75, 3.05) is 33.8 Å². The van der Waals surface area contributed by atoms with Gasteiger partial charge in [-0.2, -0.15) is 0 Å². The molecule has 0 amide bonds. The van der Waals surface area contributed by atoms with Crippen LogP contribution in [0.5, 0.6) is 0 Å². The van der Waals surface area contributed by atoms with Crippen LogP contribution in [0.3, 0.4) is 0 Å². The van der Waals surface area contributed by atoms with E-state index >= 15 is 0 Å². The number of ether oxygens (including phenoxy) is 1. The van der Waals surface area contributed by atoms with Crippen molar-refractivity contribution in [3.05, 3.63) is 12.2 Å². The molecule has 0 radical (unpaired) electrons. The number of hydrazine groups is 1. The smallest absolute Gasteiger partial charge is 0.333 e. The molecule has 0 saturated carbocycles. The number of rotatable bonds is 7. The van der Waals surface area contributed by atoms with Gasteiger partial charge in [-0.05, 0) is 6.92 Å². The summed E-state index contributed by atoms with van der Waals surface area (Å²) in [4.78, 5) is 11.1. The molecule has 5 nitrogen and oxygen atoms in total. The zero-order chi connectivity index (χ0) is 12.7. The van der Waals surface area contributed by atoms with Gasteiger partial charge in [0.15, 0.2) is 0 Å². The molecule has 0 aromatic rings. The van der Waals surface area contributed by atoms with Gasteiger partial charge in [0.2, 0.25) is 0 Å². The Kier molecular flexibility index (Phi) is 6.96. The number of aliphatic hydroxyl groups is 1. The van der Waals surface area contributed by atoms with E-state index in [1.54, 1.807) is 6.92 Å². The van der Waals surface area contributed by atoms with Crippen molar-refractivity contribution in [1.82, 2.24) is 10.0 Å². The lowest BCUT2D eigenvalue weighted by atomic mass is 10.3. The van der Waals surface area contributed by atoms with Crippen LogP contribution in [0.15, 0.2) is 12.2 Å². The third-order valence-electron chi connectivity index (χ3n) is 2.11. The summed E-state index contributed by atoms with van der Waals surface area (Å²) in [5, 5.41) is 13.5. The van der Waals surface area contributed by atoms with Crippen LogP contribution in [0, 0.1) is 0 Å². The molecular weight excluding hydrogens is 208 g/mol. The van der Waals surface area contributed by atoms with E-state index in [2.05, 4.69) is 6.58 Å². The number of carbonyl (C=O) groups is 1. The van der Waals surface area contributed by atoms with E-state index in [-0.39, 0.29) is 6.61 Å². The molecule has 1 unspecified atom stereocenters. The molecule has 0 aliphatic heterocycles. The minimum absolute atomic E-state index is 0.00394. The highest BCUT2D eigenvalue weighted by atomic mass is 16.5. The third kappa shape index (κ3) is 5.85. The van der Waals surface area contributed by atoms with E-state index in [0.29, 0.717) is 12.1 Å². The molecule has 0 bridgehead atoms. The lowest BCUT2D eigenvalue weighted by molar-refractivity contribution is -0.143. The van der Waals surface area contributed by atoms with Crippen LogP contribution < -0.4 is 0 Å². The Bertz CT molecular complexity index is 241. The zero-order valence-electron chi connectivity index (χ0n) is 10.6. The fraction of sp³-hybridized carbons (Fsp3) is 0.727. The number of carbonyl (C=O) groups excluding carboxylic acids is 1. The van der Waals surface area contributed by atoms with Crippen molar-refractivity contribution in [2.45, 2.75) is 20.0 Å². The van der Waals surface area contributed by atoms with Gasteiger partial charge in [0, 0.05) is 32.8 Å². The normalized spacial score (nSPS) is 12.9. The van der Waals surface area contributed by atoms with Gasteiger partial charge in [-0.1, -0.05) is 13.5 Å². The van der Waals surface area contributed by atoms with Gasteiger partial charge in [-0.25, -0.2) is 14.8 Å². The summed E-state index contributed by atoms with van der Waals surface area (Å²) in [6.45, 7) is 8.26. The predicted molar refractivity (Wildman–Crippen MR) is 62.7 cm³/mol. The highest BCUT2D eigenvalue weighted by molar-refractivity contribution is 5.86. The molecule has 1 atom stereocenters. The van der Waals surface area contributed by atoms with Crippen LogP contribution in [0.1, 0.15) is 13.8 Å². The predicted octanol–water partition coefficient (Wildman–Crippen LogP) is 0.265. The second kappa shape index (κ2) is 7.38. The topological polar surface area (TPSA) is 53.0 Å². The quantitative estimate of drug-likeness (QED) is 0.386. The Hall–Kier alpha value is -0.910. The van der Waals surface area contributed by atoms with E-state index in [1.165, 1.54) is 0 Å². The Morgan fingerprint density at radius 3 is 2.44 bits per heavy atom. The summed E-state index contributed by atoms with van der Waals surface area (Å²) in [5.74, 6) is -0.466. The van der Waals surface area contributed by atoms with Crippen molar-refractivity contribution >= 4 is 5.97 Å². The molecule has 0 saturated heterocycles. The number of esters is 1. The summed E-state index contributed by atoms with van der Waals surface area (Å²) < 4.78 is 4.86. The van der Waals surface area contributed by atoms with Gasteiger partial charge < -0.3 is 9.84 Å². The maximum atomic E-state index is 11.1. The lowest BCUT2D eigenvalue weighted by Crippen LogP contribution is -2.43. The minimum atomic E-state index is -0.689. The molecule has 0 rings (SSSR count). The van der Waals surface area contributed by atoms with Crippen molar-refractivity contribution < 1.29 is 14.6 Å². The molecule has 16 heavy (non-hydrogen) atoms. The van der Waals surface area contributed by atoms with E-state index in [4.69, 9.17) is 4.74 Å². The highest BCUT2D eigenvalue weighted by Crippen LogP contribution is 1.98. The highest BCUT2D eigenvalue weighted by Gasteiger charge is 2.14. The molecule has 0 aliphatic carbocycles. The molecule has 5 heteroatoms. The minimum Gasteiger partial charge on any atom is -0.460 e. The first-order chi connectivity index (χ1) is 7.38. The maximum Gasteiger partial charge on any atom is 0.333 e. The summed E-state index contributed by atoms with van der Waals surface area (Å²) in [6, 6.07) is 0. The number of hydrogen-bond acceptors (Lipinski definition) is 5. The Morgan fingerprint density at radius 1 is 1.50 bits per heavy atom. The van der Waals surface area contributed by atoms with Crippen LogP contribution in [-0.2, 0) is 9.53 Å². The number of hydrogen-bond donors (Lipinski definition) is 1. The second-order valence-electron chi connectivity index (χ2n) is 3.89. The number of nitrogens with zero attached hydrogens (tertiary/aromatic N) is 2. The van der Waals surface area contributed by atoms with E-state index < -0.39 is 12.1 Å². The molecule has 0 aromatic heterocycles. The second-order valence-corrected chi connectivity index (χ2v) is 3.89.